The molecule has 0 aliphatic rings. The van der Waals surface area contributed by atoms with Crippen LogP contribution in [0.25, 0.3) is 0 Å². The lowest BCUT2D eigenvalue weighted by Crippen LogP contribution is -2.42. The summed E-state index contributed by atoms with van der Waals surface area (Å²) in [6.07, 6.45) is 1.73. The van der Waals surface area contributed by atoms with Crippen molar-refractivity contribution in [2.24, 2.45) is 0 Å². The monoisotopic (exact) mass is 365 g/mol. The second-order valence-corrected chi connectivity index (χ2v) is 6.05. The molecular formula is C15H16ClN5O2S. The number of carbonyl (C=O) groups excluding carboxylic acids is 2. The van der Waals surface area contributed by atoms with Gasteiger partial charge in [0.1, 0.15) is 5.82 Å². The second-order valence-electron chi connectivity index (χ2n) is 4.70. The molecule has 1 heterocycles. The highest BCUT2D eigenvalue weighted by atomic mass is 35.5. The molecule has 126 valence electrons. The minimum atomic E-state index is -0.482. The number of aryl methyl sites for hydroxylation is 1. The molecule has 9 heteroatoms. The summed E-state index contributed by atoms with van der Waals surface area (Å²) in [5.74, 6) is -0.0291. The van der Waals surface area contributed by atoms with Crippen molar-refractivity contribution >= 4 is 35.2 Å². The van der Waals surface area contributed by atoms with Crippen LogP contribution in [-0.2, 0) is 11.3 Å². The first-order valence-electron chi connectivity index (χ1n) is 7.00. The van der Waals surface area contributed by atoms with Gasteiger partial charge in [-0.3, -0.25) is 20.4 Å². The van der Waals surface area contributed by atoms with Crippen molar-refractivity contribution in [3.05, 3.63) is 53.3 Å². The maximum atomic E-state index is 11.9. The molecule has 7 nitrogen and oxygen atoms in total. The van der Waals surface area contributed by atoms with Crippen molar-refractivity contribution in [1.82, 2.24) is 25.6 Å². The molecule has 0 bridgehead atoms. The molecule has 1 aromatic heterocycles. The third-order valence-electron chi connectivity index (χ3n) is 2.98. The number of allylic oxidation sites excluding steroid dienone is 1. The van der Waals surface area contributed by atoms with Gasteiger partial charge in [-0.15, -0.1) is 16.8 Å². The van der Waals surface area contributed by atoms with E-state index in [1.54, 1.807) is 30.3 Å². The number of benzene rings is 1. The Morgan fingerprint density at radius 2 is 2.08 bits per heavy atom. The van der Waals surface area contributed by atoms with E-state index >= 15 is 0 Å². The molecule has 0 atom stereocenters. The number of halogens is 1. The Morgan fingerprint density at radius 1 is 1.33 bits per heavy atom. The van der Waals surface area contributed by atoms with Crippen molar-refractivity contribution in [2.45, 2.75) is 18.6 Å². The second kappa shape index (κ2) is 8.51. The molecule has 2 aromatic rings. The first kappa shape index (κ1) is 18.0. The van der Waals surface area contributed by atoms with E-state index in [1.807, 2.05) is 11.5 Å². The number of nitrogens with one attached hydrogen (secondary N) is 2. The number of rotatable bonds is 6. The summed E-state index contributed by atoms with van der Waals surface area (Å²) in [7, 11) is 0. The zero-order valence-corrected chi connectivity index (χ0v) is 14.5. The Hall–Kier alpha value is -2.32. The summed E-state index contributed by atoms with van der Waals surface area (Å²) in [5.41, 5.74) is 4.95. The van der Waals surface area contributed by atoms with Crippen molar-refractivity contribution in [3.8, 4) is 0 Å². The third kappa shape index (κ3) is 4.59. The van der Waals surface area contributed by atoms with Crippen LogP contribution >= 0.6 is 23.4 Å². The number of nitrogens with zero attached hydrogens (tertiary/aromatic N) is 3. The SMILES string of the molecule is C=CCn1c(C)nnc1SCC(=O)NNC(=O)c1ccccc1Cl. The smallest absolute Gasteiger partial charge is 0.271 e. The van der Waals surface area contributed by atoms with Gasteiger partial charge in [0.2, 0.25) is 5.91 Å². The Bertz CT molecular complexity index is 762. The van der Waals surface area contributed by atoms with E-state index in [2.05, 4.69) is 27.6 Å². The Balaban J connectivity index is 1.85. The minimum absolute atomic E-state index is 0.0814. The van der Waals surface area contributed by atoms with Crippen molar-refractivity contribution in [1.29, 1.82) is 0 Å². The van der Waals surface area contributed by atoms with Crippen LogP contribution in [0.5, 0.6) is 0 Å². The zero-order chi connectivity index (χ0) is 17.5. The number of aromatic nitrogens is 3. The largest absolute Gasteiger partial charge is 0.302 e. The molecule has 2 N–H and O–H groups in total. The fourth-order valence-corrected chi connectivity index (χ4v) is 2.83. The maximum absolute atomic E-state index is 11.9. The Labute approximate surface area is 148 Å². The summed E-state index contributed by atoms with van der Waals surface area (Å²) < 4.78 is 1.84. The average Bonchev–Trinajstić information content (AvgIpc) is 2.92. The van der Waals surface area contributed by atoms with Crippen molar-refractivity contribution in [2.75, 3.05) is 5.75 Å². The first-order chi connectivity index (χ1) is 11.5. The van der Waals surface area contributed by atoms with Gasteiger partial charge in [-0.05, 0) is 19.1 Å². The minimum Gasteiger partial charge on any atom is -0.302 e. The molecule has 0 aliphatic carbocycles. The van der Waals surface area contributed by atoms with Crippen molar-refractivity contribution in [3.63, 3.8) is 0 Å². The highest BCUT2D eigenvalue weighted by Gasteiger charge is 2.13. The molecule has 0 saturated carbocycles. The summed E-state index contributed by atoms with van der Waals surface area (Å²) in [4.78, 5) is 23.8. The van der Waals surface area contributed by atoms with E-state index in [9.17, 15) is 9.59 Å². The number of amides is 2. The van der Waals surface area contributed by atoms with Gasteiger partial charge < -0.3 is 4.57 Å². The number of carbonyl (C=O) groups is 2. The standard InChI is InChI=1S/C15H16ClN5O2S/c1-3-8-21-10(2)17-20-15(21)24-9-13(22)18-19-14(23)11-6-4-5-7-12(11)16/h3-7H,1,8-9H2,2H3,(H,18,22)(H,19,23). The Kier molecular flexibility index (Phi) is 6.39. The van der Waals surface area contributed by atoms with Crippen LogP contribution in [0, 0.1) is 6.92 Å². The fraction of sp³-hybridized carbons (Fsp3) is 0.200. The molecule has 0 unspecified atom stereocenters. The maximum Gasteiger partial charge on any atom is 0.271 e. The van der Waals surface area contributed by atoms with Gasteiger partial charge in [0.05, 0.1) is 16.3 Å². The molecule has 0 spiro atoms. The summed E-state index contributed by atoms with van der Waals surface area (Å²) >= 11 is 7.14. The molecule has 0 saturated heterocycles. The zero-order valence-electron chi connectivity index (χ0n) is 13.0. The van der Waals surface area contributed by atoms with Gasteiger partial charge in [0, 0.05) is 6.54 Å². The lowest BCUT2D eigenvalue weighted by molar-refractivity contribution is -0.119. The predicted molar refractivity (Wildman–Crippen MR) is 92.7 cm³/mol. The molecule has 24 heavy (non-hydrogen) atoms. The summed E-state index contributed by atoms with van der Waals surface area (Å²) in [5, 5.41) is 8.89. The molecule has 0 radical (unpaired) electrons. The van der Waals surface area contributed by atoms with E-state index in [0.29, 0.717) is 16.7 Å². The number of hydrazine groups is 1. The first-order valence-corrected chi connectivity index (χ1v) is 8.36. The van der Waals surface area contributed by atoms with Gasteiger partial charge in [0.15, 0.2) is 5.16 Å². The quantitative estimate of drug-likeness (QED) is 0.464. The van der Waals surface area contributed by atoms with Gasteiger partial charge in [-0.2, -0.15) is 0 Å². The molecule has 1 aromatic carbocycles. The molecule has 2 rings (SSSR count). The average molecular weight is 366 g/mol. The topological polar surface area (TPSA) is 88.9 Å². The van der Waals surface area contributed by atoms with Crippen molar-refractivity contribution < 1.29 is 9.59 Å². The predicted octanol–water partition coefficient (Wildman–Crippen LogP) is 1.98. The fourth-order valence-electron chi connectivity index (χ4n) is 1.81. The lowest BCUT2D eigenvalue weighted by atomic mass is 10.2. The highest BCUT2D eigenvalue weighted by molar-refractivity contribution is 7.99. The number of hydrogen-bond donors (Lipinski definition) is 2. The van der Waals surface area contributed by atoms with Crippen LogP contribution in [0.3, 0.4) is 0 Å². The Morgan fingerprint density at radius 3 is 2.79 bits per heavy atom. The number of thioether (sulfide) groups is 1. The van der Waals surface area contributed by atoms with E-state index in [1.165, 1.54) is 11.8 Å². The summed E-state index contributed by atoms with van der Waals surface area (Å²) in [6, 6.07) is 6.57. The van der Waals surface area contributed by atoms with Gasteiger partial charge in [-0.1, -0.05) is 41.6 Å². The van der Waals surface area contributed by atoms with Crippen LogP contribution < -0.4 is 10.9 Å². The molecule has 0 aliphatic heterocycles. The van der Waals surface area contributed by atoms with E-state index < -0.39 is 5.91 Å². The number of hydrogen-bond acceptors (Lipinski definition) is 5. The van der Waals surface area contributed by atoms with Crippen LogP contribution in [0.4, 0.5) is 0 Å². The molecule has 2 amide bonds. The van der Waals surface area contributed by atoms with Crippen LogP contribution in [0.15, 0.2) is 42.1 Å². The van der Waals surface area contributed by atoms with Gasteiger partial charge in [0.25, 0.3) is 5.91 Å². The van der Waals surface area contributed by atoms with Gasteiger partial charge >= 0.3 is 0 Å². The molecular weight excluding hydrogens is 350 g/mol. The highest BCUT2D eigenvalue weighted by Crippen LogP contribution is 2.16. The molecule has 0 fully saturated rings. The van der Waals surface area contributed by atoms with Gasteiger partial charge in [-0.25, -0.2) is 0 Å². The van der Waals surface area contributed by atoms with E-state index in [0.717, 1.165) is 5.82 Å². The van der Waals surface area contributed by atoms with Crippen LogP contribution in [-0.4, -0.2) is 32.3 Å². The van der Waals surface area contributed by atoms with E-state index in [4.69, 9.17) is 11.6 Å². The van der Waals surface area contributed by atoms with Crippen LogP contribution in [0.2, 0.25) is 5.02 Å². The van der Waals surface area contributed by atoms with Crippen LogP contribution in [0.1, 0.15) is 16.2 Å². The third-order valence-corrected chi connectivity index (χ3v) is 4.28. The lowest BCUT2D eigenvalue weighted by Gasteiger charge is -2.08. The normalized spacial score (nSPS) is 10.2. The summed E-state index contributed by atoms with van der Waals surface area (Å²) in [6.45, 7) is 6.06. The van der Waals surface area contributed by atoms with E-state index in [-0.39, 0.29) is 17.2 Å².